The van der Waals surface area contributed by atoms with Gasteiger partial charge in [-0.1, -0.05) is 36.4 Å². The van der Waals surface area contributed by atoms with Crippen molar-refractivity contribution in [3.8, 4) is 0 Å². The summed E-state index contributed by atoms with van der Waals surface area (Å²) in [4.78, 5) is 24.0. The fourth-order valence-electron chi connectivity index (χ4n) is 2.11. The number of carbonyl (C=O) groups is 2. The Morgan fingerprint density at radius 2 is 1.76 bits per heavy atom. The highest BCUT2D eigenvalue weighted by Crippen LogP contribution is 2.15. The van der Waals surface area contributed by atoms with Gasteiger partial charge in [0.2, 0.25) is 0 Å². The Labute approximate surface area is 146 Å². The number of ether oxygens (including phenoxy) is 1. The van der Waals surface area contributed by atoms with Crippen molar-refractivity contribution in [2.45, 2.75) is 18.4 Å². The van der Waals surface area contributed by atoms with E-state index in [9.17, 15) is 18.0 Å². The fraction of sp³-hybridized carbons (Fsp3) is 0.222. The second kappa shape index (κ2) is 7.94. The average molecular weight is 361 g/mol. The smallest absolute Gasteiger partial charge is 0.325 e. The van der Waals surface area contributed by atoms with Crippen LogP contribution in [0.1, 0.15) is 21.5 Å². The van der Waals surface area contributed by atoms with Crippen LogP contribution in [0, 0.1) is 6.92 Å². The van der Waals surface area contributed by atoms with Gasteiger partial charge in [0, 0.05) is 11.8 Å². The molecule has 0 aliphatic heterocycles. The number of carbonyl (C=O) groups excluding carboxylic acids is 2. The molecular weight excluding hydrogens is 342 g/mol. The maximum Gasteiger partial charge on any atom is 0.325 e. The Morgan fingerprint density at radius 1 is 1.08 bits per heavy atom. The molecule has 1 amide bonds. The van der Waals surface area contributed by atoms with Crippen molar-refractivity contribution in [1.82, 2.24) is 5.32 Å². The number of hydrogen-bond acceptors (Lipinski definition) is 5. The number of sulfone groups is 1. The minimum absolute atomic E-state index is 0.0508. The quantitative estimate of drug-likeness (QED) is 0.794. The van der Waals surface area contributed by atoms with Crippen LogP contribution >= 0.6 is 0 Å². The first-order chi connectivity index (χ1) is 11.8. The van der Waals surface area contributed by atoms with Crippen molar-refractivity contribution in [2.75, 3.05) is 12.8 Å². The van der Waals surface area contributed by atoms with Crippen molar-refractivity contribution >= 4 is 21.7 Å². The van der Waals surface area contributed by atoms with Gasteiger partial charge in [0.1, 0.15) is 13.2 Å². The molecule has 2 aromatic carbocycles. The molecule has 0 radical (unpaired) electrons. The maximum atomic E-state index is 12.2. The summed E-state index contributed by atoms with van der Waals surface area (Å²) >= 11 is 0. The molecule has 7 heteroatoms. The Kier molecular flexibility index (Phi) is 5.93. The second-order valence-electron chi connectivity index (χ2n) is 5.58. The number of amides is 1. The van der Waals surface area contributed by atoms with E-state index in [-0.39, 0.29) is 23.6 Å². The third-order valence-electron chi connectivity index (χ3n) is 3.52. The van der Waals surface area contributed by atoms with E-state index in [0.29, 0.717) is 5.56 Å². The molecule has 1 N–H and O–H groups in total. The van der Waals surface area contributed by atoms with E-state index in [1.54, 1.807) is 13.0 Å². The summed E-state index contributed by atoms with van der Waals surface area (Å²) in [5, 5.41) is 2.45. The SMILES string of the molecule is Cc1ccc(S(C)(=O)=O)cc1C(=O)NCC(=O)OCc1ccccc1. The summed E-state index contributed by atoms with van der Waals surface area (Å²) in [5.41, 5.74) is 1.67. The highest BCUT2D eigenvalue weighted by Gasteiger charge is 2.15. The maximum absolute atomic E-state index is 12.2. The van der Waals surface area contributed by atoms with Gasteiger partial charge in [-0.25, -0.2) is 8.42 Å². The lowest BCUT2D eigenvalue weighted by molar-refractivity contribution is -0.143. The number of benzene rings is 2. The Bertz CT molecular complexity index is 876. The summed E-state index contributed by atoms with van der Waals surface area (Å²) in [6.45, 7) is 1.51. The molecule has 0 unspecified atom stereocenters. The van der Waals surface area contributed by atoms with E-state index in [1.165, 1.54) is 12.1 Å². The largest absolute Gasteiger partial charge is 0.460 e. The van der Waals surface area contributed by atoms with E-state index >= 15 is 0 Å². The Hall–Kier alpha value is -2.67. The lowest BCUT2D eigenvalue weighted by atomic mass is 10.1. The molecule has 0 aliphatic rings. The van der Waals surface area contributed by atoms with Crippen molar-refractivity contribution in [1.29, 1.82) is 0 Å². The molecule has 2 aromatic rings. The second-order valence-corrected chi connectivity index (χ2v) is 7.59. The molecule has 0 spiro atoms. The fourth-order valence-corrected chi connectivity index (χ4v) is 2.76. The lowest BCUT2D eigenvalue weighted by Gasteiger charge is -2.09. The van der Waals surface area contributed by atoms with Gasteiger partial charge >= 0.3 is 5.97 Å². The third-order valence-corrected chi connectivity index (χ3v) is 4.63. The van der Waals surface area contributed by atoms with E-state index < -0.39 is 21.7 Å². The summed E-state index contributed by atoms with van der Waals surface area (Å²) in [7, 11) is -3.42. The first kappa shape index (κ1) is 18.7. The molecule has 0 bridgehead atoms. The summed E-state index contributed by atoms with van der Waals surface area (Å²) < 4.78 is 28.3. The zero-order valence-electron chi connectivity index (χ0n) is 14.0. The van der Waals surface area contributed by atoms with Gasteiger partial charge in [-0.15, -0.1) is 0 Å². The zero-order chi connectivity index (χ0) is 18.4. The molecule has 2 rings (SSSR count). The molecular formula is C18H19NO5S. The molecule has 132 valence electrons. The molecule has 6 nitrogen and oxygen atoms in total. The van der Waals surface area contributed by atoms with E-state index in [2.05, 4.69) is 5.32 Å². The average Bonchev–Trinajstić information content (AvgIpc) is 2.58. The van der Waals surface area contributed by atoms with Crippen LogP contribution in [0.5, 0.6) is 0 Å². The van der Waals surface area contributed by atoms with Gasteiger partial charge in [0.15, 0.2) is 9.84 Å². The van der Waals surface area contributed by atoms with Crippen LogP contribution in [0.25, 0.3) is 0 Å². The van der Waals surface area contributed by atoms with Gasteiger partial charge in [0.25, 0.3) is 5.91 Å². The Morgan fingerprint density at radius 3 is 2.40 bits per heavy atom. The van der Waals surface area contributed by atoms with Gasteiger partial charge in [-0.2, -0.15) is 0 Å². The zero-order valence-corrected chi connectivity index (χ0v) is 14.8. The lowest BCUT2D eigenvalue weighted by Crippen LogP contribution is -2.31. The van der Waals surface area contributed by atoms with E-state index in [4.69, 9.17) is 4.74 Å². The molecule has 0 aromatic heterocycles. The highest BCUT2D eigenvalue weighted by molar-refractivity contribution is 7.90. The van der Waals surface area contributed by atoms with Crippen LogP contribution < -0.4 is 5.32 Å². The van der Waals surface area contributed by atoms with Gasteiger partial charge in [-0.05, 0) is 30.2 Å². The number of esters is 1. The number of rotatable bonds is 6. The minimum atomic E-state index is -3.42. The van der Waals surface area contributed by atoms with Gasteiger partial charge in [-0.3, -0.25) is 9.59 Å². The van der Waals surface area contributed by atoms with Crippen LogP contribution in [0.15, 0.2) is 53.4 Å². The van der Waals surface area contributed by atoms with Crippen LogP contribution in [0.2, 0.25) is 0 Å². The summed E-state index contributed by atoms with van der Waals surface area (Å²) in [5.74, 6) is -1.10. The van der Waals surface area contributed by atoms with Crippen LogP contribution in [0.4, 0.5) is 0 Å². The topological polar surface area (TPSA) is 89.5 Å². The summed E-state index contributed by atoms with van der Waals surface area (Å²) in [6, 6.07) is 13.5. The van der Waals surface area contributed by atoms with Crippen molar-refractivity contribution in [3.63, 3.8) is 0 Å². The molecule has 0 saturated heterocycles. The molecule has 0 atom stereocenters. The Balaban J connectivity index is 1.95. The normalized spacial score (nSPS) is 11.0. The standard InChI is InChI=1S/C18H19NO5S/c1-13-8-9-15(25(2,22)23)10-16(13)18(21)19-11-17(20)24-12-14-6-4-3-5-7-14/h3-10H,11-12H2,1-2H3,(H,19,21). The van der Waals surface area contributed by atoms with Crippen molar-refractivity contribution in [3.05, 3.63) is 65.2 Å². The number of nitrogens with one attached hydrogen (secondary N) is 1. The predicted molar refractivity (Wildman–Crippen MR) is 92.9 cm³/mol. The van der Waals surface area contributed by atoms with Crippen LogP contribution in [-0.4, -0.2) is 33.1 Å². The molecule has 0 aliphatic carbocycles. The summed E-state index contributed by atoms with van der Waals surface area (Å²) in [6.07, 6.45) is 1.07. The number of hydrogen-bond donors (Lipinski definition) is 1. The molecule has 0 heterocycles. The van der Waals surface area contributed by atoms with E-state index in [1.807, 2.05) is 30.3 Å². The predicted octanol–water partition coefficient (Wildman–Crippen LogP) is 1.87. The third kappa shape index (κ3) is 5.42. The van der Waals surface area contributed by atoms with E-state index in [0.717, 1.165) is 11.8 Å². The van der Waals surface area contributed by atoms with Crippen LogP contribution in [-0.2, 0) is 26.0 Å². The van der Waals surface area contributed by atoms with Crippen molar-refractivity contribution < 1.29 is 22.7 Å². The molecule has 0 fully saturated rings. The van der Waals surface area contributed by atoms with Gasteiger partial charge in [0.05, 0.1) is 4.90 Å². The van der Waals surface area contributed by atoms with Gasteiger partial charge < -0.3 is 10.1 Å². The van der Waals surface area contributed by atoms with Crippen molar-refractivity contribution in [2.24, 2.45) is 0 Å². The number of aryl methyl sites for hydroxylation is 1. The highest BCUT2D eigenvalue weighted by atomic mass is 32.2. The first-order valence-corrected chi connectivity index (χ1v) is 9.45. The first-order valence-electron chi connectivity index (χ1n) is 7.56. The monoisotopic (exact) mass is 361 g/mol. The molecule has 25 heavy (non-hydrogen) atoms. The minimum Gasteiger partial charge on any atom is -0.460 e. The van der Waals surface area contributed by atoms with Crippen LogP contribution in [0.3, 0.4) is 0 Å². The molecule has 0 saturated carbocycles.